The predicted molar refractivity (Wildman–Crippen MR) is 69.8 cm³/mol. The molecule has 1 aliphatic carbocycles. The molecule has 1 N–H and O–H groups in total. The van der Waals surface area contributed by atoms with Gasteiger partial charge in [-0.2, -0.15) is 0 Å². The molecule has 16 heavy (non-hydrogen) atoms. The monoisotopic (exact) mass is 224 g/mol. The van der Waals surface area contributed by atoms with Crippen LogP contribution in [0.25, 0.3) is 0 Å². The summed E-state index contributed by atoms with van der Waals surface area (Å²) in [7, 11) is 0. The number of piperazine rings is 1. The van der Waals surface area contributed by atoms with E-state index >= 15 is 0 Å². The van der Waals surface area contributed by atoms with Gasteiger partial charge in [0.2, 0.25) is 0 Å². The number of hydrogen-bond acceptors (Lipinski definition) is 2. The van der Waals surface area contributed by atoms with Crippen molar-refractivity contribution in [1.29, 1.82) is 0 Å². The average molecular weight is 224 g/mol. The largest absolute Gasteiger partial charge is 0.304 e. The van der Waals surface area contributed by atoms with E-state index < -0.39 is 0 Å². The lowest BCUT2D eigenvalue weighted by Crippen LogP contribution is -2.69. The van der Waals surface area contributed by atoms with Crippen LogP contribution < -0.4 is 5.32 Å². The SMILES string of the molecule is CCCN1CC(C)(C)NC2(CCCCC2)C1. The standard InChI is InChI=1S/C14H28N2/c1-4-10-16-11-13(2,3)15-14(12-16)8-6-5-7-9-14/h15H,4-12H2,1-3H3. The smallest absolute Gasteiger partial charge is 0.0313 e. The fraction of sp³-hybridized carbons (Fsp3) is 1.00. The first-order valence-electron chi connectivity index (χ1n) is 7.07. The minimum absolute atomic E-state index is 0.296. The summed E-state index contributed by atoms with van der Waals surface area (Å²) in [6.45, 7) is 10.8. The number of rotatable bonds is 2. The van der Waals surface area contributed by atoms with E-state index in [0.717, 1.165) is 0 Å². The van der Waals surface area contributed by atoms with Gasteiger partial charge in [0.1, 0.15) is 0 Å². The van der Waals surface area contributed by atoms with Crippen LogP contribution in [0.3, 0.4) is 0 Å². The van der Waals surface area contributed by atoms with Crippen LogP contribution in [0.4, 0.5) is 0 Å². The molecule has 2 rings (SSSR count). The summed E-state index contributed by atoms with van der Waals surface area (Å²) in [6, 6.07) is 0. The summed E-state index contributed by atoms with van der Waals surface area (Å²) in [5, 5.41) is 3.95. The molecule has 0 aromatic heterocycles. The van der Waals surface area contributed by atoms with Crippen molar-refractivity contribution < 1.29 is 0 Å². The van der Waals surface area contributed by atoms with E-state index in [9.17, 15) is 0 Å². The quantitative estimate of drug-likeness (QED) is 0.776. The Morgan fingerprint density at radius 1 is 1.06 bits per heavy atom. The van der Waals surface area contributed by atoms with Crippen molar-refractivity contribution in [3.05, 3.63) is 0 Å². The first-order chi connectivity index (χ1) is 7.55. The topological polar surface area (TPSA) is 15.3 Å². The normalized spacial score (nSPS) is 29.4. The molecular weight excluding hydrogens is 196 g/mol. The highest BCUT2D eigenvalue weighted by Crippen LogP contribution is 2.34. The van der Waals surface area contributed by atoms with E-state index in [0.29, 0.717) is 11.1 Å². The van der Waals surface area contributed by atoms with Crippen molar-refractivity contribution >= 4 is 0 Å². The third-order valence-electron chi connectivity index (χ3n) is 4.10. The van der Waals surface area contributed by atoms with Gasteiger partial charge in [-0.1, -0.05) is 26.2 Å². The molecule has 94 valence electrons. The Morgan fingerprint density at radius 3 is 2.38 bits per heavy atom. The minimum Gasteiger partial charge on any atom is -0.304 e. The lowest BCUT2D eigenvalue weighted by molar-refractivity contribution is 0.0373. The van der Waals surface area contributed by atoms with Crippen LogP contribution >= 0.6 is 0 Å². The maximum atomic E-state index is 3.95. The fourth-order valence-corrected chi connectivity index (χ4v) is 3.83. The third kappa shape index (κ3) is 2.78. The minimum atomic E-state index is 0.296. The van der Waals surface area contributed by atoms with Crippen LogP contribution in [-0.4, -0.2) is 35.6 Å². The molecule has 1 saturated carbocycles. The van der Waals surface area contributed by atoms with Crippen molar-refractivity contribution in [3.8, 4) is 0 Å². The molecule has 1 spiro atoms. The van der Waals surface area contributed by atoms with Gasteiger partial charge in [-0.05, 0) is 39.7 Å². The molecule has 0 aromatic carbocycles. The van der Waals surface area contributed by atoms with Crippen molar-refractivity contribution in [2.45, 2.75) is 70.4 Å². The summed E-state index contributed by atoms with van der Waals surface area (Å²) in [5.74, 6) is 0. The summed E-state index contributed by atoms with van der Waals surface area (Å²) in [6.07, 6.45) is 8.34. The average Bonchev–Trinajstić information content (AvgIpc) is 2.16. The second-order valence-corrected chi connectivity index (χ2v) is 6.56. The van der Waals surface area contributed by atoms with Crippen molar-refractivity contribution in [2.24, 2.45) is 0 Å². The fourth-order valence-electron chi connectivity index (χ4n) is 3.83. The van der Waals surface area contributed by atoms with Crippen molar-refractivity contribution in [1.82, 2.24) is 10.2 Å². The zero-order valence-electron chi connectivity index (χ0n) is 11.3. The Morgan fingerprint density at radius 2 is 1.75 bits per heavy atom. The van der Waals surface area contributed by atoms with E-state index in [-0.39, 0.29) is 0 Å². The highest BCUT2D eigenvalue weighted by Gasteiger charge is 2.42. The molecule has 2 nitrogen and oxygen atoms in total. The van der Waals surface area contributed by atoms with Crippen LogP contribution in [0.15, 0.2) is 0 Å². The van der Waals surface area contributed by atoms with Gasteiger partial charge in [0.15, 0.2) is 0 Å². The molecule has 2 aliphatic rings. The second-order valence-electron chi connectivity index (χ2n) is 6.56. The van der Waals surface area contributed by atoms with Gasteiger partial charge < -0.3 is 5.32 Å². The van der Waals surface area contributed by atoms with Crippen molar-refractivity contribution in [2.75, 3.05) is 19.6 Å². The molecule has 0 atom stereocenters. The summed E-state index contributed by atoms with van der Waals surface area (Å²) >= 11 is 0. The first kappa shape index (κ1) is 12.4. The van der Waals surface area contributed by atoms with Crippen LogP contribution in [0.1, 0.15) is 59.3 Å². The number of nitrogens with zero attached hydrogens (tertiary/aromatic N) is 1. The van der Waals surface area contributed by atoms with Gasteiger partial charge in [-0.15, -0.1) is 0 Å². The van der Waals surface area contributed by atoms with Crippen molar-refractivity contribution in [3.63, 3.8) is 0 Å². The summed E-state index contributed by atoms with van der Waals surface area (Å²) in [4.78, 5) is 2.68. The molecule has 1 saturated heterocycles. The van der Waals surface area contributed by atoms with Crippen LogP contribution in [0, 0.1) is 0 Å². The molecule has 2 heteroatoms. The molecule has 0 bridgehead atoms. The van der Waals surface area contributed by atoms with Crippen LogP contribution in [0.5, 0.6) is 0 Å². The van der Waals surface area contributed by atoms with Crippen LogP contribution in [0.2, 0.25) is 0 Å². The zero-order chi connectivity index (χ0) is 11.6. The molecule has 0 amide bonds. The maximum Gasteiger partial charge on any atom is 0.0313 e. The predicted octanol–water partition coefficient (Wildman–Crippen LogP) is 2.78. The Balaban J connectivity index is 2.07. The zero-order valence-corrected chi connectivity index (χ0v) is 11.3. The molecule has 0 radical (unpaired) electrons. The Hall–Kier alpha value is -0.0800. The highest BCUT2D eigenvalue weighted by molar-refractivity contribution is 5.03. The lowest BCUT2D eigenvalue weighted by Gasteiger charge is -2.53. The van der Waals surface area contributed by atoms with E-state index in [1.54, 1.807) is 0 Å². The van der Waals surface area contributed by atoms with Gasteiger partial charge >= 0.3 is 0 Å². The van der Waals surface area contributed by atoms with Gasteiger partial charge in [0.25, 0.3) is 0 Å². The Labute approximate surface area is 101 Å². The summed E-state index contributed by atoms with van der Waals surface area (Å²) < 4.78 is 0. The van der Waals surface area contributed by atoms with Gasteiger partial charge in [-0.3, -0.25) is 4.90 Å². The lowest BCUT2D eigenvalue weighted by atomic mass is 9.77. The molecule has 0 unspecified atom stereocenters. The van der Waals surface area contributed by atoms with Gasteiger partial charge in [0.05, 0.1) is 0 Å². The van der Waals surface area contributed by atoms with E-state index in [2.05, 4.69) is 31.0 Å². The van der Waals surface area contributed by atoms with E-state index in [4.69, 9.17) is 0 Å². The Bertz CT molecular complexity index is 229. The maximum absolute atomic E-state index is 3.95. The van der Waals surface area contributed by atoms with E-state index in [1.165, 1.54) is 58.2 Å². The number of nitrogens with one attached hydrogen (secondary N) is 1. The first-order valence-corrected chi connectivity index (χ1v) is 7.07. The second kappa shape index (κ2) is 4.66. The highest BCUT2D eigenvalue weighted by atomic mass is 15.3. The van der Waals surface area contributed by atoms with Gasteiger partial charge in [-0.25, -0.2) is 0 Å². The molecule has 2 fully saturated rings. The molecule has 0 aromatic rings. The molecule has 1 heterocycles. The molecule has 1 aliphatic heterocycles. The van der Waals surface area contributed by atoms with Gasteiger partial charge in [0, 0.05) is 24.2 Å². The summed E-state index contributed by atoms with van der Waals surface area (Å²) in [5.41, 5.74) is 0.736. The number of hydrogen-bond donors (Lipinski definition) is 1. The molecular formula is C14H28N2. The third-order valence-corrected chi connectivity index (χ3v) is 4.10. The van der Waals surface area contributed by atoms with E-state index in [1.807, 2.05) is 0 Å². The Kier molecular flexibility index (Phi) is 3.60. The van der Waals surface area contributed by atoms with Crippen LogP contribution in [-0.2, 0) is 0 Å².